The Bertz CT molecular complexity index is 873. The van der Waals surface area contributed by atoms with E-state index in [0.717, 1.165) is 11.3 Å². The molecule has 108 valence electrons. The van der Waals surface area contributed by atoms with E-state index in [2.05, 4.69) is 15.0 Å². The summed E-state index contributed by atoms with van der Waals surface area (Å²) in [5.41, 5.74) is 2.94. The summed E-state index contributed by atoms with van der Waals surface area (Å²) in [4.78, 5) is 12.9. The van der Waals surface area contributed by atoms with Crippen LogP contribution in [0.4, 0.5) is 0 Å². The Hall–Kier alpha value is -2.50. The minimum atomic E-state index is -1.06. The van der Waals surface area contributed by atoms with Crippen molar-refractivity contribution in [3.05, 3.63) is 77.1 Å². The summed E-state index contributed by atoms with van der Waals surface area (Å²) in [5, 5.41) is 11.0. The predicted octanol–water partition coefficient (Wildman–Crippen LogP) is 2.76. The Morgan fingerprint density at radius 1 is 1.09 bits per heavy atom. The van der Waals surface area contributed by atoms with Crippen LogP contribution in [0.15, 0.2) is 60.0 Å². The molecule has 1 aliphatic rings. The van der Waals surface area contributed by atoms with Gasteiger partial charge in [0.1, 0.15) is 0 Å². The highest BCUT2D eigenvalue weighted by Crippen LogP contribution is 2.29. The minimum absolute atomic E-state index is 0.467. The number of pyridine rings is 1. The molecule has 0 bridgehead atoms. The Labute approximate surface area is 131 Å². The van der Waals surface area contributed by atoms with Gasteiger partial charge in [-0.2, -0.15) is 0 Å². The molecule has 0 amide bonds. The zero-order chi connectivity index (χ0) is 15.1. The number of imidazole rings is 1. The van der Waals surface area contributed by atoms with Crippen molar-refractivity contribution in [3.8, 4) is 5.69 Å². The van der Waals surface area contributed by atoms with E-state index in [0.29, 0.717) is 22.3 Å². The molecule has 1 unspecified atom stereocenters. The first kappa shape index (κ1) is 13.2. The van der Waals surface area contributed by atoms with Gasteiger partial charge in [-0.1, -0.05) is 17.7 Å². The smallest absolute Gasteiger partial charge is 0.205 e. The second-order valence-electron chi connectivity index (χ2n) is 4.88. The van der Waals surface area contributed by atoms with Crippen molar-refractivity contribution in [1.82, 2.24) is 14.5 Å². The van der Waals surface area contributed by atoms with Crippen LogP contribution >= 0.6 is 11.6 Å². The number of benzene rings is 1. The van der Waals surface area contributed by atoms with Crippen molar-refractivity contribution in [2.24, 2.45) is 4.99 Å². The van der Waals surface area contributed by atoms with Crippen LogP contribution in [-0.2, 0) is 0 Å². The highest BCUT2D eigenvalue weighted by molar-refractivity contribution is 6.31. The number of halogens is 1. The minimum Gasteiger partial charge on any atom is -0.365 e. The number of nitrogens with zero attached hydrogens (tertiary/aromatic N) is 4. The van der Waals surface area contributed by atoms with Crippen molar-refractivity contribution in [2.45, 2.75) is 6.23 Å². The van der Waals surface area contributed by atoms with Crippen molar-refractivity contribution < 1.29 is 5.11 Å². The molecule has 0 radical (unpaired) electrons. The molecule has 1 aromatic carbocycles. The SMILES string of the molecule is OC1N=C(c2ccccn2)c2cc(Cl)ccc2-n2ccnc21. The Kier molecular flexibility index (Phi) is 3.03. The summed E-state index contributed by atoms with van der Waals surface area (Å²) in [7, 11) is 0. The standard InChI is InChI=1S/C16H11ClN4O/c17-10-4-5-13-11(9-10)14(12-3-1-2-6-18-12)20-16(22)15-19-7-8-21(13)15/h1-9,16,22H. The Balaban J connectivity index is 2.03. The van der Waals surface area contributed by atoms with Gasteiger partial charge < -0.3 is 5.11 Å². The average Bonchev–Trinajstić information content (AvgIpc) is 2.99. The van der Waals surface area contributed by atoms with E-state index in [1.165, 1.54) is 0 Å². The lowest BCUT2D eigenvalue weighted by Gasteiger charge is -2.11. The predicted molar refractivity (Wildman–Crippen MR) is 83.4 cm³/mol. The van der Waals surface area contributed by atoms with Crippen molar-refractivity contribution in [2.75, 3.05) is 0 Å². The molecule has 1 atom stereocenters. The average molecular weight is 311 g/mol. The summed E-state index contributed by atoms with van der Waals surface area (Å²) >= 11 is 6.16. The third-order valence-electron chi connectivity index (χ3n) is 3.53. The lowest BCUT2D eigenvalue weighted by atomic mass is 10.0. The third-order valence-corrected chi connectivity index (χ3v) is 3.77. The summed E-state index contributed by atoms with van der Waals surface area (Å²) < 4.78 is 1.82. The normalized spacial score (nSPS) is 16.5. The molecule has 2 aromatic heterocycles. The highest BCUT2D eigenvalue weighted by atomic mass is 35.5. The maximum Gasteiger partial charge on any atom is 0.205 e. The number of hydrogen-bond acceptors (Lipinski definition) is 4. The van der Waals surface area contributed by atoms with E-state index >= 15 is 0 Å². The van der Waals surface area contributed by atoms with Crippen LogP contribution in [-0.4, -0.2) is 25.4 Å². The van der Waals surface area contributed by atoms with Gasteiger partial charge in [0.2, 0.25) is 6.23 Å². The molecular weight excluding hydrogens is 300 g/mol. The van der Waals surface area contributed by atoms with Crippen LogP contribution in [0.3, 0.4) is 0 Å². The molecule has 0 saturated carbocycles. The van der Waals surface area contributed by atoms with Gasteiger partial charge in [0, 0.05) is 29.2 Å². The summed E-state index contributed by atoms with van der Waals surface area (Å²) in [6.07, 6.45) is 4.07. The molecule has 22 heavy (non-hydrogen) atoms. The van der Waals surface area contributed by atoms with Gasteiger partial charge in [0.05, 0.1) is 17.1 Å². The maximum atomic E-state index is 10.4. The zero-order valence-corrected chi connectivity index (χ0v) is 12.1. The molecule has 6 heteroatoms. The summed E-state index contributed by atoms with van der Waals surface area (Å²) in [5.74, 6) is 0.467. The van der Waals surface area contributed by atoms with Crippen LogP contribution in [0.5, 0.6) is 0 Å². The topological polar surface area (TPSA) is 63.3 Å². The number of aliphatic hydroxyl groups is 1. The van der Waals surface area contributed by atoms with Crippen molar-refractivity contribution in [1.29, 1.82) is 0 Å². The quantitative estimate of drug-likeness (QED) is 0.751. The van der Waals surface area contributed by atoms with Crippen LogP contribution in [0.25, 0.3) is 5.69 Å². The molecule has 5 nitrogen and oxygen atoms in total. The fraction of sp³-hybridized carbons (Fsp3) is 0.0625. The van der Waals surface area contributed by atoms with Gasteiger partial charge in [0.15, 0.2) is 5.82 Å². The van der Waals surface area contributed by atoms with Crippen LogP contribution in [0, 0.1) is 0 Å². The third kappa shape index (κ3) is 2.03. The van der Waals surface area contributed by atoms with E-state index in [-0.39, 0.29) is 0 Å². The van der Waals surface area contributed by atoms with Gasteiger partial charge in [-0.05, 0) is 30.3 Å². The van der Waals surface area contributed by atoms with Crippen molar-refractivity contribution in [3.63, 3.8) is 0 Å². The number of aliphatic hydroxyl groups excluding tert-OH is 1. The second-order valence-corrected chi connectivity index (χ2v) is 5.32. The molecule has 0 saturated heterocycles. The number of fused-ring (bicyclic) bond motifs is 3. The number of aliphatic imine (C=N–C) groups is 1. The number of aromatic nitrogens is 3. The highest BCUT2D eigenvalue weighted by Gasteiger charge is 2.24. The lowest BCUT2D eigenvalue weighted by Crippen LogP contribution is -2.08. The van der Waals surface area contributed by atoms with Gasteiger partial charge in [-0.25, -0.2) is 9.98 Å². The molecule has 4 rings (SSSR count). The molecule has 0 spiro atoms. The van der Waals surface area contributed by atoms with E-state index < -0.39 is 6.23 Å². The van der Waals surface area contributed by atoms with Crippen LogP contribution < -0.4 is 0 Å². The molecule has 1 N–H and O–H groups in total. The fourth-order valence-corrected chi connectivity index (χ4v) is 2.75. The Morgan fingerprint density at radius 3 is 2.82 bits per heavy atom. The number of hydrogen-bond donors (Lipinski definition) is 1. The van der Waals surface area contributed by atoms with Crippen LogP contribution in [0.2, 0.25) is 5.02 Å². The molecule has 0 aliphatic carbocycles. The Morgan fingerprint density at radius 2 is 2.00 bits per heavy atom. The summed E-state index contributed by atoms with van der Waals surface area (Å²) in [6, 6.07) is 11.1. The van der Waals surface area contributed by atoms with E-state index in [9.17, 15) is 5.11 Å². The zero-order valence-electron chi connectivity index (χ0n) is 11.4. The molecule has 1 aliphatic heterocycles. The van der Waals surface area contributed by atoms with E-state index in [1.54, 1.807) is 24.7 Å². The first-order chi connectivity index (χ1) is 10.7. The first-order valence-electron chi connectivity index (χ1n) is 6.75. The van der Waals surface area contributed by atoms with Gasteiger partial charge >= 0.3 is 0 Å². The number of rotatable bonds is 1. The van der Waals surface area contributed by atoms with Crippen LogP contribution in [0.1, 0.15) is 23.3 Å². The monoisotopic (exact) mass is 310 g/mol. The summed E-state index contributed by atoms with van der Waals surface area (Å²) in [6.45, 7) is 0. The molecule has 3 aromatic rings. The fourth-order valence-electron chi connectivity index (χ4n) is 2.57. The maximum absolute atomic E-state index is 10.4. The molecular formula is C16H11ClN4O. The van der Waals surface area contributed by atoms with E-state index in [1.807, 2.05) is 34.9 Å². The van der Waals surface area contributed by atoms with Gasteiger partial charge in [0.25, 0.3) is 0 Å². The van der Waals surface area contributed by atoms with Gasteiger partial charge in [-0.15, -0.1) is 0 Å². The second kappa shape index (κ2) is 5.05. The first-order valence-corrected chi connectivity index (χ1v) is 7.12. The van der Waals surface area contributed by atoms with Crippen molar-refractivity contribution >= 4 is 17.3 Å². The molecule has 3 heterocycles. The lowest BCUT2D eigenvalue weighted by molar-refractivity contribution is 0.177. The largest absolute Gasteiger partial charge is 0.365 e. The van der Waals surface area contributed by atoms with Gasteiger partial charge in [-0.3, -0.25) is 9.55 Å². The molecule has 0 fully saturated rings. The van der Waals surface area contributed by atoms with E-state index in [4.69, 9.17) is 11.6 Å².